The fourth-order valence-electron chi connectivity index (χ4n) is 1.38. The van der Waals surface area contributed by atoms with Crippen molar-refractivity contribution in [3.63, 3.8) is 0 Å². The van der Waals surface area contributed by atoms with E-state index in [1.807, 2.05) is 26.4 Å². The molecule has 0 fully saturated rings. The molecule has 0 spiro atoms. The number of hydrogen-bond acceptors (Lipinski definition) is 3. The van der Waals surface area contributed by atoms with Gasteiger partial charge in [-0.05, 0) is 20.3 Å². The Bertz CT molecular complexity index is 258. The smallest absolute Gasteiger partial charge is 0.0948 e. The highest BCUT2D eigenvalue weighted by Crippen LogP contribution is 2.08. The summed E-state index contributed by atoms with van der Waals surface area (Å²) in [6.07, 6.45) is 4.65. The summed E-state index contributed by atoms with van der Waals surface area (Å²) in [5.74, 6) is 0. The average Bonchev–Trinajstić information content (AvgIpc) is 2.60. The van der Waals surface area contributed by atoms with Gasteiger partial charge in [0.1, 0.15) is 0 Å². The van der Waals surface area contributed by atoms with Crippen LogP contribution in [-0.4, -0.2) is 22.8 Å². The van der Waals surface area contributed by atoms with Gasteiger partial charge in [0.05, 0.1) is 12.0 Å². The minimum atomic E-state index is 0.0459. The van der Waals surface area contributed by atoms with Crippen molar-refractivity contribution in [2.45, 2.75) is 32.9 Å². The molecule has 2 N–H and O–H groups in total. The first-order valence-electron chi connectivity index (χ1n) is 5.09. The van der Waals surface area contributed by atoms with Crippen molar-refractivity contribution in [2.75, 3.05) is 13.2 Å². The van der Waals surface area contributed by atoms with E-state index in [4.69, 9.17) is 10.5 Å². The third kappa shape index (κ3) is 3.12. The molecule has 14 heavy (non-hydrogen) atoms. The largest absolute Gasteiger partial charge is 0.382 e. The fraction of sp³-hybridized carbons (Fsp3) is 0.700. The van der Waals surface area contributed by atoms with Gasteiger partial charge < -0.3 is 15.0 Å². The Morgan fingerprint density at radius 3 is 3.07 bits per heavy atom. The van der Waals surface area contributed by atoms with E-state index in [0.717, 1.165) is 31.9 Å². The molecule has 0 aliphatic heterocycles. The summed E-state index contributed by atoms with van der Waals surface area (Å²) in [6, 6.07) is 0.0459. The quantitative estimate of drug-likeness (QED) is 0.700. The number of hydrogen-bond donors (Lipinski definition) is 1. The van der Waals surface area contributed by atoms with Crippen LogP contribution >= 0.6 is 0 Å². The lowest BCUT2D eigenvalue weighted by Gasteiger charge is -2.10. The molecule has 0 radical (unpaired) electrons. The predicted octanol–water partition coefficient (Wildman–Crippen LogP) is 1.33. The molecule has 0 aliphatic rings. The Labute approximate surface area is 85.1 Å². The zero-order valence-electron chi connectivity index (χ0n) is 8.94. The Morgan fingerprint density at radius 1 is 1.64 bits per heavy atom. The molecule has 0 saturated carbocycles. The molecule has 1 rings (SSSR count). The number of aryl methyl sites for hydroxylation is 1. The summed E-state index contributed by atoms with van der Waals surface area (Å²) < 4.78 is 7.35. The lowest BCUT2D eigenvalue weighted by molar-refractivity contribution is 0.141. The van der Waals surface area contributed by atoms with Crippen molar-refractivity contribution in [2.24, 2.45) is 5.73 Å². The zero-order valence-corrected chi connectivity index (χ0v) is 8.94. The van der Waals surface area contributed by atoms with Gasteiger partial charge in [0.2, 0.25) is 0 Å². The van der Waals surface area contributed by atoms with Gasteiger partial charge in [-0.1, -0.05) is 0 Å². The number of ether oxygens (including phenoxy) is 1. The number of nitrogens with zero attached hydrogens (tertiary/aromatic N) is 2. The van der Waals surface area contributed by atoms with Crippen LogP contribution in [0.25, 0.3) is 0 Å². The van der Waals surface area contributed by atoms with Crippen LogP contribution in [-0.2, 0) is 11.3 Å². The van der Waals surface area contributed by atoms with E-state index in [2.05, 4.69) is 9.55 Å². The maximum absolute atomic E-state index is 5.80. The highest BCUT2D eigenvalue weighted by Gasteiger charge is 2.05. The second-order valence-electron chi connectivity index (χ2n) is 3.35. The second-order valence-corrected chi connectivity index (χ2v) is 3.35. The SMILES string of the molecule is CCOCCCn1cncc1[C@H](C)N. The number of imidazole rings is 1. The minimum absolute atomic E-state index is 0.0459. The van der Waals surface area contributed by atoms with E-state index in [0.29, 0.717) is 0 Å². The molecule has 1 atom stereocenters. The van der Waals surface area contributed by atoms with Gasteiger partial charge in [0.25, 0.3) is 0 Å². The normalized spacial score (nSPS) is 13.1. The molecule has 0 amide bonds. The fourth-order valence-corrected chi connectivity index (χ4v) is 1.38. The van der Waals surface area contributed by atoms with Gasteiger partial charge in [-0.2, -0.15) is 0 Å². The van der Waals surface area contributed by atoms with Crippen molar-refractivity contribution in [3.8, 4) is 0 Å². The summed E-state index contributed by atoms with van der Waals surface area (Å²) in [6.45, 7) is 6.48. The maximum Gasteiger partial charge on any atom is 0.0948 e. The van der Waals surface area contributed by atoms with Gasteiger partial charge in [-0.25, -0.2) is 4.98 Å². The average molecular weight is 197 g/mol. The van der Waals surface area contributed by atoms with Crippen LogP contribution in [0.15, 0.2) is 12.5 Å². The molecule has 1 heterocycles. The molecule has 0 aliphatic carbocycles. The lowest BCUT2D eigenvalue weighted by Crippen LogP contribution is -2.12. The summed E-state index contributed by atoms with van der Waals surface area (Å²) in [4.78, 5) is 4.08. The Hall–Kier alpha value is -0.870. The van der Waals surface area contributed by atoms with E-state index in [1.54, 1.807) is 0 Å². The molecular formula is C10H19N3O. The van der Waals surface area contributed by atoms with Crippen LogP contribution in [0.5, 0.6) is 0 Å². The summed E-state index contributed by atoms with van der Waals surface area (Å²) in [5.41, 5.74) is 6.88. The van der Waals surface area contributed by atoms with E-state index >= 15 is 0 Å². The van der Waals surface area contributed by atoms with Crippen LogP contribution in [0.3, 0.4) is 0 Å². The third-order valence-electron chi connectivity index (χ3n) is 2.10. The molecule has 1 aromatic heterocycles. The molecule has 1 aromatic rings. The van der Waals surface area contributed by atoms with Crippen LogP contribution in [0.1, 0.15) is 32.0 Å². The van der Waals surface area contributed by atoms with Gasteiger partial charge in [-0.3, -0.25) is 0 Å². The first kappa shape index (κ1) is 11.2. The number of rotatable bonds is 6. The lowest BCUT2D eigenvalue weighted by atomic mass is 10.2. The first-order valence-corrected chi connectivity index (χ1v) is 5.09. The standard InChI is InChI=1S/C10H19N3O/c1-3-14-6-4-5-13-8-12-7-10(13)9(2)11/h7-9H,3-6,11H2,1-2H3/t9-/m0/s1. The van der Waals surface area contributed by atoms with Gasteiger partial charge in [0.15, 0.2) is 0 Å². The highest BCUT2D eigenvalue weighted by molar-refractivity contribution is 5.02. The predicted molar refractivity (Wildman–Crippen MR) is 55.9 cm³/mol. The van der Waals surface area contributed by atoms with E-state index in [1.165, 1.54) is 0 Å². The zero-order chi connectivity index (χ0) is 10.4. The monoisotopic (exact) mass is 197 g/mol. The maximum atomic E-state index is 5.80. The van der Waals surface area contributed by atoms with Crippen molar-refractivity contribution >= 4 is 0 Å². The van der Waals surface area contributed by atoms with Crippen LogP contribution in [0, 0.1) is 0 Å². The topological polar surface area (TPSA) is 53.1 Å². The van der Waals surface area contributed by atoms with E-state index in [9.17, 15) is 0 Å². The summed E-state index contributed by atoms with van der Waals surface area (Å²) >= 11 is 0. The van der Waals surface area contributed by atoms with Crippen molar-refractivity contribution < 1.29 is 4.74 Å². The number of aromatic nitrogens is 2. The molecular weight excluding hydrogens is 178 g/mol. The Morgan fingerprint density at radius 2 is 2.43 bits per heavy atom. The first-order chi connectivity index (χ1) is 6.75. The third-order valence-corrected chi connectivity index (χ3v) is 2.10. The van der Waals surface area contributed by atoms with E-state index in [-0.39, 0.29) is 6.04 Å². The summed E-state index contributed by atoms with van der Waals surface area (Å²) in [5, 5.41) is 0. The minimum Gasteiger partial charge on any atom is -0.382 e. The van der Waals surface area contributed by atoms with Crippen LogP contribution in [0.2, 0.25) is 0 Å². The molecule has 0 aromatic carbocycles. The molecule has 4 heteroatoms. The van der Waals surface area contributed by atoms with E-state index < -0.39 is 0 Å². The Kier molecular flexibility index (Phi) is 4.62. The van der Waals surface area contributed by atoms with Gasteiger partial charge in [-0.15, -0.1) is 0 Å². The van der Waals surface area contributed by atoms with Crippen molar-refractivity contribution in [1.82, 2.24) is 9.55 Å². The molecule has 80 valence electrons. The molecule has 0 bridgehead atoms. The highest BCUT2D eigenvalue weighted by atomic mass is 16.5. The summed E-state index contributed by atoms with van der Waals surface area (Å²) in [7, 11) is 0. The second kappa shape index (κ2) is 5.78. The Balaban J connectivity index is 2.38. The van der Waals surface area contributed by atoms with Crippen LogP contribution < -0.4 is 5.73 Å². The molecule has 4 nitrogen and oxygen atoms in total. The van der Waals surface area contributed by atoms with Crippen molar-refractivity contribution in [1.29, 1.82) is 0 Å². The number of nitrogens with two attached hydrogens (primary N) is 1. The van der Waals surface area contributed by atoms with Gasteiger partial charge in [0, 0.05) is 32.0 Å². The van der Waals surface area contributed by atoms with Crippen LogP contribution in [0.4, 0.5) is 0 Å². The van der Waals surface area contributed by atoms with Gasteiger partial charge >= 0.3 is 0 Å². The van der Waals surface area contributed by atoms with Crippen molar-refractivity contribution in [3.05, 3.63) is 18.2 Å². The molecule has 0 saturated heterocycles. The molecule has 0 unspecified atom stereocenters.